The minimum atomic E-state index is -3.39. The number of nitrogens with one attached hydrogen (secondary N) is 2. The molecule has 24 heavy (non-hydrogen) atoms. The average molecular weight is 367 g/mol. The molecular weight excluding hydrogens is 340 g/mol. The number of hydrogen-bond donors (Lipinski definition) is 2. The van der Waals surface area contributed by atoms with Gasteiger partial charge in [0, 0.05) is 13.1 Å². The normalized spacial score (nSPS) is 25.9. The fraction of sp³-hybridized carbons (Fsp3) is 0.667. The van der Waals surface area contributed by atoms with Crippen LogP contribution >= 0.6 is 11.8 Å². The summed E-state index contributed by atoms with van der Waals surface area (Å²) in [6, 6.07) is 5.61. The van der Waals surface area contributed by atoms with E-state index in [1.165, 1.54) is 41.9 Å². The molecule has 0 aromatic heterocycles. The molecule has 4 nitrogen and oxygen atoms in total. The average Bonchev–Trinajstić information content (AvgIpc) is 3.31. The van der Waals surface area contributed by atoms with Crippen LogP contribution < -0.4 is 10.0 Å². The minimum Gasteiger partial charge on any atom is -0.313 e. The first-order chi connectivity index (χ1) is 11.6. The van der Waals surface area contributed by atoms with Gasteiger partial charge in [-0.25, -0.2) is 13.1 Å². The Labute approximate surface area is 149 Å². The summed E-state index contributed by atoms with van der Waals surface area (Å²) in [5, 5.41) is 3.38. The molecule has 0 bridgehead atoms. The van der Waals surface area contributed by atoms with Crippen molar-refractivity contribution in [2.24, 2.45) is 11.3 Å². The van der Waals surface area contributed by atoms with E-state index in [0.29, 0.717) is 22.8 Å². The topological polar surface area (TPSA) is 58.2 Å². The van der Waals surface area contributed by atoms with Gasteiger partial charge in [0.2, 0.25) is 10.0 Å². The van der Waals surface area contributed by atoms with Gasteiger partial charge in [-0.05, 0) is 84.7 Å². The molecule has 1 aromatic rings. The fourth-order valence-electron chi connectivity index (χ4n) is 4.21. The summed E-state index contributed by atoms with van der Waals surface area (Å²) in [6.07, 6.45) is 5.74. The maximum Gasteiger partial charge on any atom is 0.240 e. The Morgan fingerprint density at radius 1 is 1.25 bits per heavy atom. The first-order valence-electron chi connectivity index (χ1n) is 8.99. The molecule has 3 aliphatic rings. The molecular formula is C18H26N2O2S2. The van der Waals surface area contributed by atoms with Crippen molar-refractivity contribution in [1.29, 1.82) is 0 Å². The highest BCUT2D eigenvalue weighted by Gasteiger charge is 2.53. The van der Waals surface area contributed by atoms with Gasteiger partial charge in [0.1, 0.15) is 0 Å². The largest absolute Gasteiger partial charge is 0.313 e. The molecule has 1 aliphatic carbocycles. The Hall–Kier alpha value is -0.560. The van der Waals surface area contributed by atoms with Gasteiger partial charge in [0.25, 0.3) is 0 Å². The molecule has 2 heterocycles. The molecule has 1 saturated carbocycles. The van der Waals surface area contributed by atoms with Crippen LogP contribution in [0.15, 0.2) is 23.1 Å². The zero-order chi connectivity index (χ0) is 16.6. The Morgan fingerprint density at radius 3 is 2.92 bits per heavy atom. The Morgan fingerprint density at radius 2 is 2.08 bits per heavy atom. The van der Waals surface area contributed by atoms with Crippen molar-refractivity contribution in [3.63, 3.8) is 0 Å². The molecule has 2 fully saturated rings. The first-order valence-corrected chi connectivity index (χ1v) is 11.6. The maximum absolute atomic E-state index is 12.7. The van der Waals surface area contributed by atoms with Crippen LogP contribution in [0.25, 0.3) is 0 Å². The molecule has 2 aliphatic heterocycles. The predicted octanol–water partition coefficient (Wildman–Crippen LogP) is 2.53. The van der Waals surface area contributed by atoms with Crippen molar-refractivity contribution in [1.82, 2.24) is 10.0 Å². The van der Waals surface area contributed by atoms with Gasteiger partial charge in [-0.1, -0.05) is 6.07 Å². The van der Waals surface area contributed by atoms with Crippen LogP contribution in [0.3, 0.4) is 0 Å². The highest BCUT2D eigenvalue weighted by molar-refractivity contribution is 7.99. The van der Waals surface area contributed by atoms with E-state index < -0.39 is 10.0 Å². The van der Waals surface area contributed by atoms with Crippen LogP contribution in [0.2, 0.25) is 0 Å². The fourth-order valence-corrected chi connectivity index (χ4v) is 6.64. The number of benzene rings is 1. The Kier molecular flexibility index (Phi) is 4.67. The smallest absolute Gasteiger partial charge is 0.240 e. The third-order valence-corrected chi connectivity index (χ3v) is 8.38. The third-order valence-electron chi connectivity index (χ3n) is 5.97. The molecule has 4 rings (SSSR count). The molecule has 1 spiro atoms. The molecule has 2 N–H and O–H groups in total. The van der Waals surface area contributed by atoms with E-state index in [1.54, 1.807) is 6.07 Å². The summed E-state index contributed by atoms with van der Waals surface area (Å²) in [5.74, 6) is 3.02. The van der Waals surface area contributed by atoms with Crippen LogP contribution in [-0.2, 0) is 23.0 Å². The lowest BCUT2D eigenvalue weighted by Gasteiger charge is -2.22. The second-order valence-electron chi connectivity index (χ2n) is 7.44. The van der Waals surface area contributed by atoms with E-state index >= 15 is 0 Å². The lowest BCUT2D eigenvalue weighted by Crippen LogP contribution is -2.28. The number of thioether (sulfide) groups is 1. The van der Waals surface area contributed by atoms with Crippen LogP contribution in [0, 0.1) is 11.3 Å². The molecule has 1 atom stereocenters. The highest BCUT2D eigenvalue weighted by atomic mass is 32.2. The van der Waals surface area contributed by atoms with Crippen molar-refractivity contribution in [2.45, 2.75) is 43.5 Å². The zero-order valence-electron chi connectivity index (χ0n) is 14.0. The molecule has 0 radical (unpaired) electrons. The zero-order valence-corrected chi connectivity index (χ0v) is 15.6. The quantitative estimate of drug-likeness (QED) is 0.860. The monoisotopic (exact) mass is 366 g/mol. The van der Waals surface area contributed by atoms with E-state index in [0.717, 1.165) is 25.9 Å². The van der Waals surface area contributed by atoms with Crippen LogP contribution in [0.4, 0.5) is 0 Å². The Bertz CT molecular complexity index is 712. The molecule has 132 valence electrons. The van der Waals surface area contributed by atoms with Gasteiger partial charge < -0.3 is 5.32 Å². The highest BCUT2D eigenvalue weighted by Crippen LogP contribution is 2.60. The van der Waals surface area contributed by atoms with Crippen molar-refractivity contribution >= 4 is 21.8 Å². The van der Waals surface area contributed by atoms with Crippen molar-refractivity contribution in [3.05, 3.63) is 29.3 Å². The van der Waals surface area contributed by atoms with E-state index in [4.69, 9.17) is 0 Å². The third kappa shape index (κ3) is 3.39. The summed E-state index contributed by atoms with van der Waals surface area (Å²) < 4.78 is 28.2. The summed E-state index contributed by atoms with van der Waals surface area (Å²) in [5.41, 5.74) is 2.86. The van der Waals surface area contributed by atoms with Gasteiger partial charge in [-0.15, -0.1) is 0 Å². The lowest BCUT2D eigenvalue weighted by molar-refractivity contribution is 0.417. The second kappa shape index (κ2) is 6.63. The number of aryl methyl sites for hydroxylation is 1. The summed E-state index contributed by atoms with van der Waals surface area (Å²) >= 11 is 2.03. The predicted molar refractivity (Wildman–Crippen MR) is 98.8 cm³/mol. The van der Waals surface area contributed by atoms with Gasteiger partial charge in [-0.3, -0.25) is 0 Å². The van der Waals surface area contributed by atoms with E-state index in [2.05, 4.69) is 10.0 Å². The van der Waals surface area contributed by atoms with E-state index in [1.807, 2.05) is 23.9 Å². The minimum absolute atomic E-state index is 0.428. The summed E-state index contributed by atoms with van der Waals surface area (Å²) in [6.45, 7) is 2.44. The van der Waals surface area contributed by atoms with Gasteiger partial charge in [0.05, 0.1) is 4.90 Å². The SMILES string of the molecule is O=S(=O)(NCC1CC12CCSCC2)c1ccc2c(c1)CCCNC2. The van der Waals surface area contributed by atoms with Crippen molar-refractivity contribution < 1.29 is 8.42 Å². The number of hydrogen-bond acceptors (Lipinski definition) is 4. The molecule has 0 amide bonds. The molecule has 1 saturated heterocycles. The lowest BCUT2D eigenvalue weighted by atomic mass is 9.96. The van der Waals surface area contributed by atoms with Gasteiger partial charge in [0.15, 0.2) is 0 Å². The first kappa shape index (κ1) is 16.9. The van der Waals surface area contributed by atoms with E-state index in [-0.39, 0.29) is 0 Å². The molecule has 1 unspecified atom stereocenters. The standard InChI is InChI=1S/C18H26N2O2S2/c21-24(22,20-13-16-11-18(16)5-8-23-9-6-18)17-4-3-15-12-19-7-1-2-14(15)10-17/h3-4,10,16,19-20H,1-2,5-9,11-13H2. The molecule has 6 heteroatoms. The number of sulfonamides is 1. The second-order valence-corrected chi connectivity index (χ2v) is 10.4. The van der Waals surface area contributed by atoms with Crippen molar-refractivity contribution in [2.75, 3.05) is 24.6 Å². The summed E-state index contributed by atoms with van der Waals surface area (Å²) in [4.78, 5) is 0.428. The van der Waals surface area contributed by atoms with Gasteiger partial charge >= 0.3 is 0 Å². The summed E-state index contributed by atoms with van der Waals surface area (Å²) in [7, 11) is -3.39. The van der Waals surface area contributed by atoms with Crippen LogP contribution in [0.1, 0.15) is 36.8 Å². The van der Waals surface area contributed by atoms with Crippen LogP contribution in [0.5, 0.6) is 0 Å². The Balaban J connectivity index is 1.42. The number of fused-ring (bicyclic) bond motifs is 1. The van der Waals surface area contributed by atoms with Gasteiger partial charge in [-0.2, -0.15) is 11.8 Å². The number of rotatable bonds is 4. The maximum atomic E-state index is 12.7. The molecule has 1 aromatic carbocycles. The van der Waals surface area contributed by atoms with Crippen molar-refractivity contribution in [3.8, 4) is 0 Å². The van der Waals surface area contributed by atoms with E-state index in [9.17, 15) is 8.42 Å². The van der Waals surface area contributed by atoms with Crippen LogP contribution in [-0.4, -0.2) is 33.0 Å².